The number of aromatic nitrogens is 1. The van der Waals surface area contributed by atoms with E-state index in [1.807, 2.05) is 67.7 Å². The standard InChI is InChI=1S/C18H15NO2/c1-14-11-12-18(20)19(13-14)16-9-5-6-10-17(16)21-15-7-3-2-4-8-15/h2-13H,1H3. The van der Waals surface area contributed by atoms with E-state index in [4.69, 9.17) is 4.74 Å². The highest BCUT2D eigenvalue weighted by atomic mass is 16.5. The number of aryl methyl sites for hydroxylation is 1. The van der Waals surface area contributed by atoms with Crippen molar-refractivity contribution in [3.63, 3.8) is 0 Å². The molecule has 104 valence electrons. The molecule has 0 aliphatic carbocycles. The Morgan fingerprint density at radius 2 is 1.57 bits per heavy atom. The van der Waals surface area contributed by atoms with Crippen LogP contribution in [0, 0.1) is 6.92 Å². The van der Waals surface area contributed by atoms with Gasteiger partial charge in [0.2, 0.25) is 0 Å². The van der Waals surface area contributed by atoms with Gasteiger partial charge < -0.3 is 4.74 Å². The van der Waals surface area contributed by atoms with Crippen LogP contribution in [0.2, 0.25) is 0 Å². The fourth-order valence-electron chi connectivity index (χ4n) is 2.14. The van der Waals surface area contributed by atoms with Gasteiger partial charge in [0.25, 0.3) is 5.56 Å². The second kappa shape index (κ2) is 5.67. The van der Waals surface area contributed by atoms with Crippen molar-refractivity contribution in [1.29, 1.82) is 0 Å². The quantitative estimate of drug-likeness (QED) is 0.726. The summed E-state index contributed by atoms with van der Waals surface area (Å²) in [4.78, 5) is 12.1. The topological polar surface area (TPSA) is 31.2 Å². The van der Waals surface area contributed by atoms with Gasteiger partial charge in [-0.3, -0.25) is 9.36 Å². The average Bonchev–Trinajstić information content (AvgIpc) is 2.51. The lowest BCUT2D eigenvalue weighted by molar-refractivity contribution is 0.479. The van der Waals surface area contributed by atoms with Crippen LogP contribution < -0.4 is 10.3 Å². The van der Waals surface area contributed by atoms with Crippen molar-refractivity contribution in [3.05, 3.63) is 88.8 Å². The van der Waals surface area contributed by atoms with Crippen LogP contribution in [-0.4, -0.2) is 4.57 Å². The zero-order valence-electron chi connectivity index (χ0n) is 11.7. The van der Waals surface area contributed by atoms with Crippen molar-refractivity contribution >= 4 is 0 Å². The third kappa shape index (κ3) is 2.87. The Bertz CT molecular complexity index is 807. The molecule has 0 atom stereocenters. The van der Waals surface area contributed by atoms with Gasteiger partial charge in [-0.05, 0) is 36.8 Å². The Kier molecular flexibility index (Phi) is 3.56. The van der Waals surface area contributed by atoms with Crippen molar-refractivity contribution in [3.8, 4) is 17.2 Å². The van der Waals surface area contributed by atoms with E-state index in [0.717, 1.165) is 17.0 Å². The van der Waals surface area contributed by atoms with Crippen LogP contribution in [0.5, 0.6) is 11.5 Å². The highest BCUT2D eigenvalue weighted by Crippen LogP contribution is 2.27. The predicted molar refractivity (Wildman–Crippen MR) is 83.3 cm³/mol. The van der Waals surface area contributed by atoms with Gasteiger partial charge in [-0.25, -0.2) is 0 Å². The van der Waals surface area contributed by atoms with Crippen LogP contribution in [0.25, 0.3) is 5.69 Å². The number of para-hydroxylation sites is 3. The Labute approximate surface area is 123 Å². The lowest BCUT2D eigenvalue weighted by Gasteiger charge is -2.13. The third-order valence-corrected chi connectivity index (χ3v) is 3.15. The molecule has 0 bridgehead atoms. The van der Waals surface area contributed by atoms with Crippen LogP contribution in [0.4, 0.5) is 0 Å². The Morgan fingerprint density at radius 1 is 0.857 bits per heavy atom. The largest absolute Gasteiger partial charge is 0.455 e. The van der Waals surface area contributed by atoms with Crippen LogP contribution >= 0.6 is 0 Å². The van der Waals surface area contributed by atoms with Gasteiger partial charge in [0.05, 0.1) is 5.69 Å². The van der Waals surface area contributed by atoms with E-state index in [1.165, 1.54) is 0 Å². The molecule has 0 aliphatic rings. The molecule has 3 heteroatoms. The first-order valence-corrected chi connectivity index (χ1v) is 6.76. The monoisotopic (exact) mass is 277 g/mol. The summed E-state index contributed by atoms with van der Waals surface area (Å²) >= 11 is 0. The second-order valence-electron chi connectivity index (χ2n) is 4.80. The van der Waals surface area contributed by atoms with Crippen molar-refractivity contribution in [2.75, 3.05) is 0 Å². The molecule has 3 aromatic rings. The molecule has 0 unspecified atom stereocenters. The zero-order valence-corrected chi connectivity index (χ0v) is 11.7. The van der Waals surface area contributed by atoms with E-state index in [-0.39, 0.29) is 5.56 Å². The highest BCUT2D eigenvalue weighted by molar-refractivity contribution is 5.49. The normalized spacial score (nSPS) is 10.3. The molecule has 3 rings (SSSR count). The minimum atomic E-state index is -0.0790. The Balaban J connectivity index is 2.08. The minimum absolute atomic E-state index is 0.0790. The van der Waals surface area contributed by atoms with Gasteiger partial charge in [0.1, 0.15) is 5.75 Å². The fraction of sp³-hybridized carbons (Fsp3) is 0.0556. The van der Waals surface area contributed by atoms with E-state index in [2.05, 4.69) is 0 Å². The first-order chi connectivity index (χ1) is 10.2. The molecule has 21 heavy (non-hydrogen) atoms. The number of rotatable bonds is 3. The molecule has 2 aromatic carbocycles. The molecule has 0 fully saturated rings. The molecule has 1 aromatic heterocycles. The molecule has 1 heterocycles. The molecule has 0 radical (unpaired) electrons. The summed E-state index contributed by atoms with van der Waals surface area (Å²) in [5.74, 6) is 1.39. The van der Waals surface area contributed by atoms with E-state index < -0.39 is 0 Å². The van der Waals surface area contributed by atoms with E-state index >= 15 is 0 Å². The summed E-state index contributed by atoms with van der Waals surface area (Å²) in [7, 11) is 0. The Morgan fingerprint density at radius 3 is 2.38 bits per heavy atom. The van der Waals surface area contributed by atoms with Gasteiger partial charge in [-0.2, -0.15) is 0 Å². The maximum absolute atomic E-state index is 12.1. The summed E-state index contributed by atoms with van der Waals surface area (Å²) in [5, 5.41) is 0. The molecule has 0 saturated carbocycles. The molecule has 3 nitrogen and oxygen atoms in total. The number of pyridine rings is 1. The van der Waals surface area contributed by atoms with Crippen molar-refractivity contribution < 1.29 is 4.74 Å². The van der Waals surface area contributed by atoms with Crippen molar-refractivity contribution in [1.82, 2.24) is 4.57 Å². The maximum atomic E-state index is 12.1. The maximum Gasteiger partial charge on any atom is 0.255 e. The van der Waals surface area contributed by atoms with Crippen LogP contribution in [0.1, 0.15) is 5.56 Å². The highest BCUT2D eigenvalue weighted by Gasteiger charge is 2.08. The molecule has 0 aliphatic heterocycles. The number of benzene rings is 2. The summed E-state index contributed by atoms with van der Waals surface area (Å²) in [5.41, 5.74) is 1.67. The smallest absolute Gasteiger partial charge is 0.255 e. The predicted octanol–water partition coefficient (Wildman–Crippen LogP) is 3.94. The zero-order chi connectivity index (χ0) is 14.7. The van der Waals surface area contributed by atoms with Crippen LogP contribution in [0.3, 0.4) is 0 Å². The lowest BCUT2D eigenvalue weighted by atomic mass is 10.2. The number of ether oxygens (including phenoxy) is 1. The summed E-state index contributed by atoms with van der Waals surface area (Å²) in [6.07, 6.45) is 1.82. The second-order valence-corrected chi connectivity index (χ2v) is 4.80. The average molecular weight is 277 g/mol. The molecule has 0 spiro atoms. The summed E-state index contributed by atoms with van der Waals surface area (Å²) in [6.45, 7) is 1.95. The first-order valence-electron chi connectivity index (χ1n) is 6.76. The molecular formula is C18H15NO2. The van der Waals surface area contributed by atoms with E-state index in [0.29, 0.717) is 5.75 Å². The number of hydrogen-bond acceptors (Lipinski definition) is 2. The van der Waals surface area contributed by atoms with Gasteiger partial charge in [0.15, 0.2) is 5.75 Å². The molecule has 0 amide bonds. The van der Waals surface area contributed by atoms with Crippen LogP contribution in [0.15, 0.2) is 77.7 Å². The first kappa shape index (κ1) is 13.2. The minimum Gasteiger partial charge on any atom is -0.455 e. The van der Waals surface area contributed by atoms with Gasteiger partial charge in [-0.1, -0.05) is 36.4 Å². The third-order valence-electron chi connectivity index (χ3n) is 3.15. The molecular weight excluding hydrogens is 262 g/mol. The summed E-state index contributed by atoms with van der Waals surface area (Å²) in [6, 6.07) is 20.4. The fourth-order valence-corrected chi connectivity index (χ4v) is 2.14. The lowest BCUT2D eigenvalue weighted by Crippen LogP contribution is -2.17. The van der Waals surface area contributed by atoms with Gasteiger partial charge in [-0.15, -0.1) is 0 Å². The van der Waals surface area contributed by atoms with Gasteiger partial charge >= 0.3 is 0 Å². The SMILES string of the molecule is Cc1ccc(=O)n(-c2ccccc2Oc2ccccc2)c1. The van der Waals surface area contributed by atoms with E-state index in [1.54, 1.807) is 16.7 Å². The molecule has 0 N–H and O–H groups in total. The van der Waals surface area contributed by atoms with E-state index in [9.17, 15) is 4.79 Å². The number of nitrogens with zero attached hydrogens (tertiary/aromatic N) is 1. The van der Waals surface area contributed by atoms with Crippen molar-refractivity contribution in [2.45, 2.75) is 6.92 Å². The number of hydrogen-bond donors (Lipinski definition) is 0. The summed E-state index contributed by atoms with van der Waals surface area (Å²) < 4.78 is 7.50. The van der Waals surface area contributed by atoms with Crippen molar-refractivity contribution in [2.24, 2.45) is 0 Å². The molecule has 0 saturated heterocycles. The van der Waals surface area contributed by atoms with Gasteiger partial charge in [0, 0.05) is 12.3 Å². The van der Waals surface area contributed by atoms with Crippen LogP contribution in [-0.2, 0) is 0 Å². The Hall–Kier alpha value is -2.81.